The number of aliphatic hydroxyl groups excluding tert-OH is 4. The van der Waals surface area contributed by atoms with Crippen LogP contribution in [0.4, 0.5) is 47.1 Å². The van der Waals surface area contributed by atoms with Gasteiger partial charge in [-0.1, -0.05) is 52.0 Å². The molecule has 0 radical (unpaired) electrons. The summed E-state index contributed by atoms with van der Waals surface area (Å²) in [5, 5.41) is 53.3. The van der Waals surface area contributed by atoms with Crippen molar-refractivity contribution in [2.75, 3.05) is 110 Å². The molecule has 24 nitrogen and oxygen atoms in total. The molecule has 4 aromatic rings. The number of aromatic nitrogens is 6. The van der Waals surface area contributed by atoms with Gasteiger partial charge in [-0.3, -0.25) is 9.11 Å². The largest absolute Gasteiger partial charge is 0.392 e. The smallest absolute Gasteiger partial charge is 0.295 e. The van der Waals surface area contributed by atoms with Gasteiger partial charge in [-0.2, -0.15) is 46.7 Å². The lowest BCUT2D eigenvalue weighted by molar-refractivity contribution is 0.176. The van der Waals surface area contributed by atoms with E-state index in [0.29, 0.717) is 13.1 Å². The molecule has 10 N–H and O–H groups in total. The molecular weight excluding hydrogens is 973 g/mol. The number of benzene rings is 2. The number of hydrogen-bond acceptors (Lipinski definition) is 22. The third-order valence-corrected chi connectivity index (χ3v) is 12.8. The fourth-order valence-electron chi connectivity index (χ4n) is 7.50. The number of nitrogens with one attached hydrogen (secondary N) is 4. The van der Waals surface area contributed by atoms with Crippen LogP contribution in [0.15, 0.2) is 46.2 Å². The summed E-state index contributed by atoms with van der Waals surface area (Å²) in [6.07, 6.45) is 0.804. The second-order valence-corrected chi connectivity index (χ2v) is 20.2. The summed E-state index contributed by atoms with van der Waals surface area (Å²) in [6.45, 7) is 21.2. The van der Waals surface area contributed by atoms with Gasteiger partial charge in [-0.05, 0) is 115 Å². The van der Waals surface area contributed by atoms with E-state index in [1.54, 1.807) is 37.5 Å². The van der Waals surface area contributed by atoms with Crippen LogP contribution in [0.5, 0.6) is 0 Å². The van der Waals surface area contributed by atoms with Crippen molar-refractivity contribution in [2.45, 2.75) is 102 Å². The van der Waals surface area contributed by atoms with Gasteiger partial charge in [-0.15, -0.1) is 0 Å². The summed E-state index contributed by atoms with van der Waals surface area (Å²) in [5.41, 5.74) is 0.172. The first-order valence-electron chi connectivity index (χ1n) is 24.1. The molecule has 4 rings (SSSR count). The van der Waals surface area contributed by atoms with E-state index in [1.165, 1.54) is 36.4 Å². The zero-order valence-corrected chi connectivity index (χ0v) is 44.1. The Labute approximate surface area is 423 Å². The summed E-state index contributed by atoms with van der Waals surface area (Å²) >= 11 is 0. The van der Waals surface area contributed by atoms with Crippen molar-refractivity contribution in [3.05, 3.63) is 47.5 Å². The van der Waals surface area contributed by atoms with E-state index in [0.717, 1.165) is 64.2 Å². The quantitative estimate of drug-likeness (QED) is 0.0190. The molecule has 26 heteroatoms. The highest BCUT2D eigenvalue weighted by molar-refractivity contribution is 7.86. The van der Waals surface area contributed by atoms with Gasteiger partial charge in [0.15, 0.2) is 0 Å². The lowest BCUT2D eigenvalue weighted by Crippen LogP contribution is -2.37. The molecule has 0 spiro atoms. The number of nitrogens with zero attached hydrogens (tertiary/aromatic N) is 10. The third-order valence-electron chi connectivity index (χ3n) is 10.9. The summed E-state index contributed by atoms with van der Waals surface area (Å²) in [6, 6.07) is 7.95. The van der Waals surface area contributed by atoms with E-state index in [1.807, 2.05) is 0 Å². The molecule has 4 atom stereocenters. The molecule has 0 bridgehead atoms. The molecule has 0 aliphatic rings. The van der Waals surface area contributed by atoms with Gasteiger partial charge in [0.2, 0.25) is 35.7 Å². The molecule has 4 unspecified atom stereocenters. The van der Waals surface area contributed by atoms with Gasteiger partial charge in [0.25, 0.3) is 20.2 Å². The van der Waals surface area contributed by atoms with Crippen molar-refractivity contribution in [1.29, 1.82) is 0 Å². The van der Waals surface area contributed by atoms with Crippen LogP contribution in [0.25, 0.3) is 12.2 Å². The van der Waals surface area contributed by atoms with Crippen molar-refractivity contribution in [1.82, 2.24) is 39.7 Å². The predicted molar refractivity (Wildman–Crippen MR) is 281 cm³/mol. The highest BCUT2D eigenvalue weighted by Gasteiger charge is 2.22. The van der Waals surface area contributed by atoms with Crippen molar-refractivity contribution in [3.8, 4) is 0 Å². The Balaban J connectivity index is 1.69. The zero-order chi connectivity index (χ0) is 53.2. The fourth-order valence-corrected chi connectivity index (χ4v) is 8.92. The van der Waals surface area contributed by atoms with E-state index in [9.17, 15) is 46.4 Å². The van der Waals surface area contributed by atoms with Crippen molar-refractivity contribution >= 4 is 79.5 Å². The van der Waals surface area contributed by atoms with Crippen molar-refractivity contribution in [3.63, 3.8) is 0 Å². The van der Waals surface area contributed by atoms with Crippen LogP contribution in [0, 0.1) is 0 Å². The molecule has 2 aromatic heterocycles. The van der Waals surface area contributed by atoms with Crippen molar-refractivity contribution in [2.24, 2.45) is 0 Å². The minimum atomic E-state index is -4.92. The van der Waals surface area contributed by atoms with Gasteiger partial charge in [0, 0.05) is 50.6 Å². The predicted octanol–water partition coefficient (Wildman–Crippen LogP) is 3.63. The fraction of sp³-hybridized carbons (Fsp3) is 0.565. The minimum Gasteiger partial charge on any atom is -0.392 e. The van der Waals surface area contributed by atoms with E-state index in [2.05, 4.69) is 88.7 Å². The van der Waals surface area contributed by atoms with Gasteiger partial charge in [-0.25, -0.2) is 0 Å². The minimum absolute atomic E-state index is 0.0212. The van der Waals surface area contributed by atoms with Gasteiger partial charge >= 0.3 is 0 Å². The maximum Gasteiger partial charge on any atom is 0.295 e. The number of aliphatic hydroxyl groups is 4. The number of anilines is 8. The summed E-state index contributed by atoms with van der Waals surface area (Å²) in [7, 11) is -9.83. The third kappa shape index (κ3) is 19.5. The molecule has 2 aromatic carbocycles. The first-order valence-corrected chi connectivity index (χ1v) is 27.0. The van der Waals surface area contributed by atoms with E-state index in [-0.39, 0.29) is 84.4 Å². The van der Waals surface area contributed by atoms with Crippen LogP contribution in [-0.4, -0.2) is 189 Å². The second kappa shape index (κ2) is 28.1. The maximum atomic E-state index is 12.9. The normalized spacial score (nSPS) is 13.8. The molecule has 400 valence electrons. The van der Waals surface area contributed by atoms with Crippen LogP contribution in [0.3, 0.4) is 0 Å². The van der Waals surface area contributed by atoms with Crippen LogP contribution in [0.1, 0.15) is 79.4 Å². The number of rotatable bonds is 32. The molecule has 0 saturated carbocycles. The van der Waals surface area contributed by atoms with Crippen LogP contribution in [-0.2, 0) is 20.2 Å². The Hall–Kier alpha value is -5.42. The standard InChI is InChI=1S/C46H74N14O10S2/c1-9-57(10-2)23-13-21-47-41-51-43(55-45(53-41)59(27-31(5)61)28-32(6)62)49-37-19-17-35(39(25-37)71(65,66)67)15-16-36-18-20-38(26-40(36)72(68,69)70)50-44-52-42(48-22-14-24-58(11-3)12-4)54-46(56-44)60(29-33(7)63)30-34(8)64/h15-20,25-26,31-34,61-64H,9-14,21-24,27-30H2,1-8H3,(H,65,66,67)(H,68,69,70)(H2,47,49,51,53,55)(H2,48,50,52,54,56)/b16-15+. The molecule has 0 amide bonds. The highest BCUT2D eigenvalue weighted by atomic mass is 32.2. The lowest BCUT2D eigenvalue weighted by atomic mass is 10.1. The SMILES string of the molecule is CCN(CC)CCCNc1nc(Nc2ccc(/C=C/c3ccc(Nc4nc(NCCCN(CC)CC)nc(N(CC(C)O)CC(C)O)n4)cc3S(=O)(=O)O)c(S(=O)(=O)O)c2)nc(N(CC(C)O)CC(C)O)n1. The highest BCUT2D eigenvalue weighted by Crippen LogP contribution is 2.29. The molecule has 2 heterocycles. The average Bonchev–Trinajstić information content (AvgIpc) is 3.29. The first kappa shape index (κ1) is 59.1. The molecular formula is C46H74N14O10S2. The summed E-state index contributed by atoms with van der Waals surface area (Å²) < 4.78 is 72.3. The molecule has 72 heavy (non-hydrogen) atoms. The molecule has 0 fully saturated rings. The van der Waals surface area contributed by atoms with Gasteiger partial charge in [0.1, 0.15) is 9.79 Å². The lowest BCUT2D eigenvalue weighted by Gasteiger charge is -2.26. The molecule has 0 aliphatic heterocycles. The van der Waals surface area contributed by atoms with Crippen molar-refractivity contribution < 1.29 is 46.4 Å². The monoisotopic (exact) mass is 1050 g/mol. The number of hydrogen-bond donors (Lipinski definition) is 10. The second-order valence-electron chi connectivity index (χ2n) is 17.4. The molecule has 0 aliphatic carbocycles. The summed E-state index contributed by atoms with van der Waals surface area (Å²) in [4.78, 5) is 33.7. The Morgan fingerprint density at radius 3 is 1.12 bits per heavy atom. The van der Waals surface area contributed by atoms with Crippen LogP contribution in [0.2, 0.25) is 0 Å². The molecule has 0 saturated heterocycles. The van der Waals surface area contributed by atoms with Crippen LogP contribution < -0.4 is 31.1 Å². The van der Waals surface area contributed by atoms with E-state index in [4.69, 9.17) is 0 Å². The Morgan fingerprint density at radius 1 is 0.514 bits per heavy atom. The topological polar surface area (TPSA) is 328 Å². The van der Waals surface area contributed by atoms with Crippen LogP contribution >= 0.6 is 0 Å². The Morgan fingerprint density at radius 2 is 0.833 bits per heavy atom. The van der Waals surface area contributed by atoms with Gasteiger partial charge in [0.05, 0.1) is 24.4 Å². The Kier molecular flexibility index (Phi) is 23.1. The maximum absolute atomic E-state index is 12.9. The summed E-state index contributed by atoms with van der Waals surface area (Å²) in [5.74, 6) is 0.554. The van der Waals surface area contributed by atoms with E-state index >= 15 is 0 Å². The zero-order valence-electron chi connectivity index (χ0n) is 42.4. The Bertz CT molecular complexity index is 2390. The first-order chi connectivity index (χ1) is 34.0. The average molecular weight is 1050 g/mol. The van der Waals surface area contributed by atoms with Gasteiger partial charge < -0.3 is 61.3 Å². The van der Waals surface area contributed by atoms with E-state index < -0.39 is 54.4 Å².